The first kappa shape index (κ1) is 18.8. The quantitative estimate of drug-likeness (QED) is 0.839. The lowest BCUT2D eigenvalue weighted by molar-refractivity contribution is -0.127. The summed E-state index contributed by atoms with van der Waals surface area (Å²) in [7, 11) is 0. The Morgan fingerprint density at radius 1 is 1.23 bits per heavy atom. The molecule has 1 aliphatic rings. The first-order valence-corrected chi connectivity index (χ1v) is 9.29. The molecule has 2 aromatic rings. The van der Waals surface area contributed by atoms with Crippen LogP contribution in [0.5, 0.6) is 0 Å². The maximum absolute atomic E-state index is 12.6. The average Bonchev–Trinajstić information content (AvgIpc) is 3.15. The van der Waals surface area contributed by atoms with Crippen molar-refractivity contribution in [3.05, 3.63) is 58.0 Å². The highest BCUT2D eigenvalue weighted by atomic mass is 35.5. The van der Waals surface area contributed by atoms with Crippen LogP contribution in [-0.2, 0) is 4.79 Å². The number of benzene rings is 1. The van der Waals surface area contributed by atoms with Crippen LogP contribution in [0.1, 0.15) is 41.9 Å². The average molecular weight is 395 g/mol. The highest BCUT2D eigenvalue weighted by Crippen LogP contribution is 2.27. The molecule has 1 aromatic heterocycles. The van der Waals surface area contributed by atoms with Gasteiger partial charge in [-0.15, -0.1) is 0 Å². The molecule has 0 saturated carbocycles. The number of hydrogen-bond donors (Lipinski definition) is 1. The van der Waals surface area contributed by atoms with Gasteiger partial charge in [-0.05, 0) is 49.6 Å². The Hall–Kier alpha value is -1.98. The van der Waals surface area contributed by atoms with Crippen molar-refractivity contribution in [3.63, 3.8) is 0 Å². The fraction of sp³-hybridized carbons (Fsp3) is 0.368. The van der Waals surface area contributed by atoms with E-state index < -0.39 is 0 Å². The maximum atomic E-state index is 12.6. The van der Waals surface area contributed by atoms with E-state index in [4.69, 9.17) is 27.6 Å². The lowest BCUT2D eigenvalue weighted by Crippen LogP contribution is -2.43. The number of halogens is 2. The molecule has 1 fully saturated rings. The second kappa shape index (κ2) is 8.14. The standard InChI is InChI=1S/C19H20Cl2N2O3/c1-12(15-5-4-14(20)11-16(15)21)22-18(24)13-6-8-23(9-7-13)19(25)17-3-2-10-26-17/h2-5,10-13H,6-9H2,1H3,(H,22,24). The largest absolute Gasteiger partial charge is 0.459 e. The van der Waals surface area contributed by atoms with E-state index in [1.54, 1.807) is 29.2 Å². The molecule has 1 unspecified atom stereocenters. The van der Waals surface area contributed by atoms with Gasteiger partial charge < -0.3 is 14.6 Å². The zero-order valence-electron chi connectivity index (χ0n) is 14.4. The first-order valence-electron chi connectivity index (χ1n) is 8.54. The van der Waals surface area contributed by atoms with E-state index in [1.165, 1.54) is 6.26 Å². The molecule has 0 aliphatic carbocycles. The van der Waals surface area contributed by atoms with E-state index in [0.29, 0.717) is 41.7 Å². The van der Waals surface area contributed by atoms with Crippen LogP contribution in [0.3, 0.4) is 0 Å². The van der Waals surface area contributed by atoms with E-state index in [-0.39, 0.29) is 23.8 Å². The number of nitrogens with zero attached hydrogens (tertiary/aromatic N) is 1. The number of carbonyl (C=O) groups is 2. The maximum Gasteiger partial charge on any atom is 0.289 e. The molecule has 0 spiro atoms. The van der Waals surface area contributed by atoms with Crippen LogP contribution in [0, 0.1) is 5.92 Å². The van der Waals surface area contributed by atoms with Gasteiger partial charge in [0.05, 0.1) is 12.3 Å². The predicted octanol–water partition coefficient (Wildman–Crippen LogP) is 4.32. The summed E-state index contributed by atoms with van der Waals surface area (Å²) in [4.78, 5) is 26.6. The molecule has 7 heteroatoms. The third kappa shape index (κ3) is 4.22. The number of piperidine rings is 1. The molecule has 2 amide bonds. The van der Waals surface area contributed by atoms with Crippen LogP contribution in [0.2, 0.25) is 10.0 Å². The van der Waals surface area contributed by atoms with Gasteiger partial charge in [0, 0.05) is 29.1 Å². The van der Waals surface area contributed by atoms with Crippen LogP contribution in [-0.4, -0.2) is 29.8 Å². The second-order valence-electron chi connectivity index (χ2n) is 6.44. The number of carbonyl (C=O) groups excluding carboxylic acids is 2. The molecule has 1 saturated heterocycles. The van der Waals surface area contributed by atoms with Crippen molar-refractivity contribution >= 4 is 35.0 Å². The smallest absolute Gasteiger partial charge is 0.289 e. The number of hydrogen-bond acceptors (Lipinski definition) is 3. The molecule has 2 heterocycles. The third-order valence-corrected chi connectivity index (χ3v) is 5.24. The number of nitrogens with one attached hydrogen (secondary N) is 1. The zero-order valence-corrected chi connectivity index (χ0v) is 15.9. The summed E-state index contributed by atoms with van der Waals surface area (Å²) in [6.07, 6.45) is 2.73. The van der Waals surface area contributed by atoms with Gasteiger partial charge in [0.2, 0.25) is 5.91 Å². The zero-order chi connectivity index (χ0) is 18.7. The summed E-state index contributed by atoms with van der Waals surface area (Å²) in [5, 5.41) is 4.10. The van der Waals surface area contributed by atoms with Crippen LogP contribution in [0.4, 0.5) is 0 Å². The van der Waals surface area contributed by atoms with Gasteiger partial charge in [-0.2, -0.15) is 0 Å². The Morgan fingerprint density at radius 3 is 2.58 bits per heavy atom. The summed E-state index contributed by atoms with van der Waals surface area (Å²) >= 11 is 12.1. The van der Waals surface area contributed by atoms with Crippen LogP contribution >= 0.6 is 23.2 Å². The van der Waals surface area contributed by atoms with E-state index in [2.05, 4.69) is 5.32 Å². The summed E-state index contributed by atoms with van der Waals surface area (Å²) in [6, 6.07) is 8.37. The molecular weight excluding hydrogens is 375 g/mol. The second-order valence-corrected chi connectivity index (χ2v) is 7.28. The Balaban J connectivity index is 1.54. The SMILES string of the molecule is CC(NC(=O)C1CCN(C(=O)c2ccco2)CC1)c1ccc(Cl)cc1Cl. The molecule has 138 valence electrons. The summed E-state index contributed by atoms with van der Waals surface area (Å²) in [6.45, 7) is 2.96. The fourth-order valence-corrected chi connectivity index (χ4v) is 3.73. The molecule has 1 aromatic carbocycles. The van der Waals surface area contributed by atoms with Crippen LogP contribution in [0.25, 0.3) is 0 Å². The summed E-state index contributed by atoms with van der Waals surface area (Å²) in [5.74, 6) is 0.0619. The lowest BCUT2D eigenvalue weighted by atomic mass is 9.95. The van der Waals surface area contributed by atoms with E-state index in [9.17, 15) is 9.59 Å². The van der Waals surface area contributed by atoms with Gasteiger partial charge in [-0.25, -0.2) is 0 Å². The Labute approximate surface area is 162 Å². The summed E-state index contributed by atoms with van der Waals surface area (Å²) in [5.41, 5.74) is 0.829. The Morgan fingerprint density at radius 2 is 1.96 bits per heavy atom. The molecule has 26 heavy (non-hydrogen) atoms. The number of rotatable bonds is 4. The minimum absolute atomic E-state index is 0.0198. The predicted molar refractivity (Wildman–Crippen MR) is 100 cm³/mol. The molecular formula is C19H20Cl2N2O3. The minimum Gasteiger partial charge on any atom is -0.459 e. The van der Waals surface area contributed by atoms with Gasteiger partial charge >= 0.3 is 0 Å². The monoisotopic (exact) mass is 394 g/mol. The highest BCUT2D eigenvalue weighted by Gasteiger charge is 2.29. The van der Waals surface area contributed by atoms with Crippen molar-refractivity contribution in [2.24, 2.45) is 5.92 Å². The van der Waals surface area contributed by atoms with Crippen molar-refractivity contribution in [2.75, 3.05) is 13.1 Å². The Kier molecular flexibility index (Phi) is 5.89. The van der Waals surface area contributed by atoms with E-state index in [1.807, 2.05) is 13.0 Å². The third-order valence-electron chi connectivity index (χ3n) is 4.67. The van der Waals surface area contributed by atoms with Crippen molar-refractivity contribution in [1.82, 2.24) is 10.2 Å². The topological polar surface area (TPSA) is 62.6 Å². The van der Waals surface area contributed by atoms with Gasteiger partial charge in [0.25, 0.3) is 5.91 Å². The van der Waals surface area contributed by atoms with Crippen molar-refractivity contribution < 1.29 is 14.0 Å². The van der Waals surface area contributed by atoms with Gasteiger partial charge in [-0.3, -0.25) is 9.59 Å². The van der Waals surface area contributed by atoms with Crippen LogP contribution in [0.15, 0.2) is 41.0 Å². The molecule has 1 aliphatic heterocycles. The molecule has 1 atom stereocenters. The number of likely N-dealkylation sites (tertiary alicyclic amines) is 1. The van der Waals surface area contributed by atoms with Crippen molar-refractivity contribution in [2.45, 2.75) is 25.8 Å². The van der Waals surface area contributed by atoms with Gasteiger partial charge in [0.15, 0.2) is 5.76 Å². The molecule has 0 bridgehead atoms. The molecule has 1 N–H and O–H groups in total. The molecule has 0 radical (unpaired) electrons. The van der Waals surface area contributed by atoms with E-state index >= 15 is 0 Å². The minimum atomic E-state index is -0.213. The molecule has 5 nitrogen and oxygen atoms in total. The van der Waals surface area contributed by atoms with Gasteiger partial charge in [0.1, 0.15) is 0 Å². The Bertz CT molecular complexity index is 784. The summed E-state index contributed by atoms with van der Waals surface area (Å²) < 4.78 is 5.15. The van der Waals surface area contributed by atoms with Crippen molar-refractivity contribution in [3.8, 4) is 0 Å². The number of amides is 2. The fourth-order valence-electron chi connectivity index (χ4n) is 3.16. The first-order chi connectivity index (χ1) is 12.5. The highest BCUT2D eigenvalue weighted by molar-refractivity contribution is 6.35. The number of furan rings is 1. The lowest BCUT2D eigenvalue weighted by Gasteiger charge is -2.31. The van der Waals surface area contributed by atoms with Gasteiger partial charge in [-0.1, -0.05) is 29.3 Å². The normalized spacial score (nSPS) is 16.3. The van der Waals surface area contributed by atoms with E-state index in [0.717, 1.165) is 5.56 Å². The van der Waals surface area contributed by atoms with Crippen LogP contribution < -0.4 is 5.32 Å². The molecule has 3 rings (SSSR count). The van der Waals surface area contributed by atoms with Crippen molar-refractivity contribution in [1.29, 1.82) is 0 Å².